The number of amides is 2. The summed E-state index contributed by atoms with van der Waals surface area (Å²) < 4.78 is 10.7. The Morgan fingerprint density at radius 3 is 2.52 bits per heavy atom. The second-order valence-corrected chi connectivity index (χ2v) is 9.15. The fraction of sp³-hybridized carbons (Fsp3) is 0.750. The van der Waals surface area contributed by atoms with Crippen molar-refractivity contribution < 1.29 is 18.8 Å². The molecule has 8 nitrogen and oxygen atoms in total. The number of hydrogen-bond acceptors (Lipinski definition) is 7. The molecule has 29 heavy (non-hydrogen) atoms. The van der Waals surface area contributed by atoms with Gasteiger partial charge in [0.15, 0.2) is 5.82 Å². The summed E-state index contributed by atoms with van der Waals surface area (Å²) in [4.78, 5) is 28.8. The minimum Gasteiger partial charge on any atom is -0.373 e. The molecule has 0 bridgehead atoms. The van der Waals surface area contributed by atoms with Gasteiger partial charge in [-0.2, -0.15) is 0 Å². The number of ether oxygens (including phenoxy) is 1. The van der Waals surface area contributed by atoms with E-state index < -0.39 is 0 Å². The molecule has 0 saturated carbocycles. The molecule has 2 aliphatic rings. The summed E-state index contributed by atoms with van der Waals surface area (Å²) in [5.41, 5.74) is 0. The van der Waals surface area contributed by atoms with Crippen LogP contribution in [0.25, 0.3) is 0 Å². The molecular weight excluding hydrogens is 392 g/mol. The minimum absolute atomic E-state index is 0.118. The molecule has 0 radical (unpaired) electrons. The monoisotopic (exact) mass is 424 g/mol. The lowest BCUT2D eigenvalue weighted by Gasteiger charge is -2.39. The molecule has 2 unspecified atom stereocenters. The number of piperidine rings is 1. The van der Waals surface area contributed by atoms with Crippen LogP contribution < -0.4 is 5.32 Å². The van der Waals surface area contributed by atoms with E-state index in [-0.39, 0.29) is 17.6 Å². The van der Waals surface area contributed by atoms with Crippen molar-refractivity contribution in [2.75, 3.05) is 49.5 Å². The van der Waals surface area contributed by atoms with Gasteiger partial charge in [0.1, 0.15) is 5.76 Å². The molecular formula is C20H32N4O4S. The molecule has 0 aliphatic carbocycles. The number of anilines is 1. The second-order valence-electron chi connectivity index (χ2n) is 8.16. The smallest absolute Gasteiger partial charge is 0.235 e. The molecule has 2 atom stereocenters. The number of morpholine rings is 1. The Kier molecular flexibility index (Phi) is 7.97. The van der Waals surface area contributed by atoms with Gasteiger partial charge in [-0.1, -0.05) is 5.16 Å². The number of carbonyl (C=O) groups excluding carboxylic acids is 2. The molecule has 162 valence electrons. The normalized spacial score (nSPS) is 23.9. The SMILES string of the molecule is Cc1cc(NC(=O)CSCC(=O)N2CCC(CN3CC(C)OC(C)C3)CC2)no1. The lowest BCUT2D eigenvalue weighted by atomic mass is 9.95. The van der Waals surface area contributed by atoms with E-state index >= 15 is 0 Å². The van der Waals surface area contributed by atoms with Crippen molar-refractivity contribution in [3.05, 3.63) is 11.8 Å². The van der Waals surface area contributed by atoms with Crippen LogP contribution in [0.3, 0.4) is 0 Å². The van der Waals surface area contributed by atoms with Crippen LogP contribution in [-0.4, -0.2) is 83.2 Å². The quantitative estimate of drug-likeness (QED) is 0.716. The van der Waals surface area contributed by atoms with Crippen molar-refractivity contribution in [3.63, 3.8) is 0 Å². The van der Waals surface area contributed by atoms with Crippen molar-refractivity contribution in [2.45, 2.75) is 45.8 Å². The van der Waals surface area contributed by atoms with Crippen molar-refractivity contribution in [2.24, 2.45) is 5.92 Å². The van der Waals surface area contributed by atoms with Crippen LogP contribution in [0.1, 0.15) is 32.4 Å². The van der Waals surface area contributed by atoms with Gasteiger partial charge in [0.25, 0.3) is 0 Å². The van der Waals surface area contributed by atoms with E-state index in [1.165, 1.54) is 11.8 Å². The number of nitrogens with one attached hydrogen (secondary N) is 1. The average Bonchev–Trinajstić information content (AvgIpc) is 3.06. The van der Waals surface area contributed by atoms with Gasteiger partial charge in [0, 0.05) is 38.8 Å². The summed E-state index contributed by atoms with van der Waals surface area (Å²) in [5, 5.41) is 6.39. The highest BCUT2D eigenvalue weighted by Crippen LogP contribution is 2.21. The molecule has 2 fully saturated rings. The van der Waals surface area contributed by atoms with Crippen molar-refractivity contribution in [1.29, 1.82) is 0 Å². The Bertz CT molecular complexity index is 680. The summed E-state index contributed by atoms with van der Waals surface area (Å²) in [5.74, 6) is 2.18. The number of aromatic nitrogens is 1. The number of hydrogen-bond donors (Lipinski definition) is 1. The highest BCUT2D eigenvalue weighted by atomic mass is 32.2. The molecule has 1 aromatic heterocycles. The molecule has 1 aromatic rings. The summed E-state index contributed by atoms with van der Waals surface area (Å²) in [6, 6.07) is 1.66. The molecule has 2 amide bonds. The number of likely N-dealkylation sites (tertiary alicyclic amines) is 1. The summed E-state index contributed by atoms with van der Waals surface area (Å²) >= 11 is 1.34. The maximum absolute atomic E-state index is 12.4. The van der Waals surface area contributed by atoms with Crippen LogP contribution in [0, 0.1) is 12.8 Å². The summed E-state index contributed by atoms with van der Waals surface area (Å²) in [7, 11) is 0. The Morgan fingerprint density at radius 2 is 1.90 bits per heavy atom. The Labute approximate surface area is 176 Å². The maximum atomic E-state index is 12.4. The standard InChI is InChI=1S/C20H32N4O4S/c1-14-8-18(22-28-14)21-19(25)12-29-13-20(26)24-6-4-17(5-7-24)11-23-9-15(2)27-16(3)10-23/h8,15-17H,4-7,9-13H2,1-3H3,(H,21,22,25). The van der Waals surface area contributed by atoms with Gasteiger partial charge < -0.3 is 19.5 Å². The number of thioether (sulfide) groups is 1. The molecule has 0 aromatic carbocycles. The van der Waals surface area contributed by atoms with Gasteiger partial charge in [-0.05, 0) is 39.5 Å². The maximum Gasteiger partial charge on any atom is 0.235 e. The molecule has 9 heteroatoms. The van der Waals surface area contributed by atoms with Crippen LogP contribution >= 0.6 is 11.8 Å². The third-order valence-corrected chi connectivity index (χ3v) is 6.25. The predicted octanol–water partition coefficient (Wildman–Crippen LogP) is 2.00. The third-order valence-electron chi connectivity index (χ3n) is 5.33. The fourth-order valence-electron chi connectivity index (χ4n) is 4.09. The van der Waals surface area contributed by atoms with Crippen molar-refractivity contribution >= 4 is 29.4 Å². The average molecular weight is 425 g/mol. The minimum atomic E-state index is -0.177. The number of carbonyl (C=O) groups is 2. The van der Waals surface area contributed by atoms with E-state index in [0.717, 1.165) is 45.6 Å². The van der Waals surface area contributed by atoms with Crippen LogP contribution in [0.4, 0.5) is 5.82 Å². The molecule has 2 aliphatic heterocycles. The lowest BCUT2D eigenvalue weighted by molar-refractivity contribution is -0.130. The van der Waals surface area contributed by atoms with E-state index in [1.807, 2.05) is 4.90 Å². The van der Waals surface area contributed by atoms with E-state index in [1.54, 1.807) is 13.0 Å². The number of aryl methyl sites for hydroxylation is 1. The van der Waals surface area contributed by atoms with Crippen molar-refractivity contribution in [1.82, 2.24) is 15.0 Å². The number of nitrogens with zero attached hydrogens (tertiary/aromatic N) is 3. The summed E-state index contributed by atoms with van der Waals surface area (Å²) in [6.07, 6.45) is 2.68. The molecule has 3 heterocycles. The highest BCUT2D eigenvalue weighted by molar-refractivity contribution is 8.00. The molecule has 1 N–H and O–H groups in total. The first kappa shape index (κ1) is 22.1. The first-order chi connectivity index (χ1) is 13.9. The molecule has 0 spiro atoms. The van der Waals surface area contributed by atoms with E-state index in [4.69, 9.17) is 9.26 Å². The zero-order valence-electron chi connectivity index (χ0n) is 17.6. The van der Waals surface area contributed by atoms with Gasteiger partial charge in [0.05, 0.1) is 23.7 Å². The van der Waals surface area contributed by atoms with Crippen LogP contribution in [0.2, 0.25) is 0 Å². The molecule has 2 saturated heterocycles. The van der Waals surface area contributed by atoms with Gasteiger partial charge >= 0.3 is 0 Å². The fourth-order valence-corrected chi connectivity index (χ4v) is 4.81. The van der Waals surface area contributed by atoms with Crippen LogP contribution in [-0.2, 0) is 14.3 Å². The van der Waals surface area contributed by atoms with Gasteiger partial charge in [-0.3, -0.25) is 14.5 Å². The van der Waals surface area contributed by atoms with E-state index in [0.29, 0.717) is 35.5 Å². The number of rotatable bonds is 7. The Hall–Kier alpha value is -1.58. The molecule has 3 rings (SSSR count). The Balaban J connectivity index is 1.31. The van der Waals surface area contributed by atoms with Gasteiger partial charge in [-0.15, -0.1) is 11.8 Å². The largest absolute Gasteiger partial charge is 0.373 e. The zero-order chi connectivity index (χ0) is 20.8. The Morgan fingerprint density at radius 1 is 1.21 bits per heavy atom. The van der Waals surface area contributed by atoms with Crippen LogP contribution in [0.5, 0.6) is 0 Å². The first-order valence-electron chi connectivity index (χ1n) is 10.4. The van der Waals surface area contributed by atoms with Crippen LogP contribution in [0.15, 0.2) is 10.6 Å². The summed E-state index contributed by atoms with van der Waals surface area (Å²) in [6.45, 7) is 10.7. The lowest BCUT2D eigenvalue weighted by Crippen LogP contribution is -2.49. The second kappa shape index (κ2) is 10.4. The van der Waals surface area contributed by atoms with E-state index in [2.05, 4.69) is 29.2 Å². The zero-order valence-corrected chi connectivity index (χ0v) is 18.4. The first-order valence-corrected chi connectivity index (χ1v) is 11.5. The third kappa shape index (κ3) is 7.01. The van der Waals surface area contributed by atoms with Crippen molar-refractivity contribution in [3.8, 4) is 0 Å². The van der Waals surface area contributed by atoms with Gasteiger partial charge in [-0.25, -0.2) is 0 Å². The topological polar surface area (TPSA) is 87.9 Å². The van der Waals surface area contributed by atoms with E-state index in [9.17, 15) is 9.59 Å². The predicted molar refractivity (Wildman–Crippen MR) is 113 cm³/mol. The highest BCUT2D eigenvalue weighted by Gasteiger charge is 2.27. The van der Waals surface area contributed by atoms with Gasteiger partial charge in [0.2, 0.25) is 11.8 Å².